The largest absolute Gasteiger partial charge is 1.00 e. The van der Waals surface area contributed by atoms with Gasteiger partial charge in [0.2, 0.25) is 0 Å². The lowest BCUT2D eigenvalue weighted by Gasteiger charge is -2.03. The highest BCUT2D eigenvalue weighted by atomic mass is 127. The summed E-state index contributed by atoms with van der Waals surface area (Å²) in [4.78, 5) is 0. The molecule has 0 saturated carbocycles. The van der Waals surface area contributed by atoms with E-state index in [4.69, 9.17) is 5.11 Å². The maximum absolute atomic E-state index is 8.73. The third-order valence-corrected chi connectivity index (χ3v) is 4.81. The fourth-order valence-corrected chi connectivity index (χ4v) is 3.24. The topological polar surface area (TPSA) is 24.1 Å². The molecule has 1 aromatic heterocycles. The zero-order valence-electron chi connectivity index (χ0n) is 16.4. The molecule has 0 radical (unpaired) electrons. The molecule has 0 unspecified atom stereocenters. The second kappa shape index (κ2) is 18.6. The highest BCUT2D eigenvalue weighted by molar-refractivity contribution is 5.05. The van der Waals surface area contributed by atoms with E-state index in [1.807, 2.05) is 0 Å². The Kier molecular flexibility index (Phi) is 18.5. The molecule has 1 heterocycles. The fourth-order valence-electron chi connectivity index (χ4n) is 3.24. The Labute approximate surface area is 173 Å². The zero-order chi connectivity index (χ0) is 17.3. The first-order valence-corrected chi connectivity index (χ1v) is 10.5. The van der Waals surface area contributed by atoms with Gasteiger partial charge in [-0.05, 0) is 25.3 Å². The van der Waals surface area contributed by atoms with E-state index < -0.39 is 0 Å². The van der Waals surface area contributed by atoms with Crippen molar-refractivity contribution in [3.8, 4) is 0 Å². The Balaban J connectivity index is 0.00000576. The Hall–Kier alpha value is -0.160. The second-order valence-electron chi connectivity index (χ2n) is 7.17. The van der Waals surface area contributed by atoms with Gasteiger partial charge in [-0.1, -0.05) is 71.1 Å². The van der Waals surface area contributed by atoms with Crippen LogP contribution in [0.2, 0.25) is 0 Å². The van der Waals surface area contributed by atoms with E-state index in [1.165, 1.54) is 89.0 Å². The molecule has 0 atom stereocenters. The number of aliphatic hydroxyl groups excluding tert-OH is 1. The number of hydrogen-bond acceptors (Lipinski definition) is 1. The molecule has 2 nitrogen and oxygen atoms in total. The van der Waals surface area contributed by atoms with Gasteiger partial charge in [0.15, 0.2) is 12.4 Å². The summed E-state index contributed by atoms with van der Waals surface area (Å²) in [5.74, 6) is 0. The van der Waals surface area contributed by atoms with Gasteiger partial charge in [0.1, 0.15) is 6.54 Å². The quantitative estimate of drug-likeness (QED) is 0.229. The van der Waals surface area contributed by atoms with Crippen LogP contribution in [-0.2, 0) is 13.0 Å². The minimum atomic E-state index is 0. The molecular weight excluding hydrogens is 421 g/mol. The number of halogens is 1. The first kappa shape index (κ1) is 24.8. The van der Waals surface area contributed by atoms with Crippen molar-refractivity contribution >= 4 is 0 Å². The van der Waals surface area contributed by atoms with Crippen LogP contribution < -0.4 is 28.5 Å². The van der Waals surface area contributed by atoms with Crippen LogP contribution >= 0.6 is 0 Å². The molecule has 0 fully saturated rings. The lowest BCUT2D eigenvalue weighted by atomic mass is 10.0. The maximum Gasteiger partial charge on any atom is 0.171 e. The van der Waals surface area contributed by atoms with E-state index in [-0.39, 0.29) is 24.0 Å². The molecule has 1 aromatic rings. The minimum absolute atomic E-state index is 0. The molecule has 1 N–H and O–H groups in total. The van der Waals surface area contributed by atoms with E-state index >= 15 is 0 Å². The monoisotopic (exact) mass is 461 g/mol. The second-order valence-corrected chi connectivity index (χ2v) is 7.17. The van der Waals surface area contributed by atoms with Gasteiger partial charge in [-0.3, -0.25) is 0 Å². The van der Waals surface area contributed by atoms with Crippen molar-refractivity contribution in [3.63, 3.8) is 0 Å². The van der Waals surface area contributed by atoms with Crippen molar-refractivity contribution in [2.45, 2.75) is 103 Å². The molecule has 1 rings (SSSR count). The summed E-state index contributed by atoms with van der Waals surface area (Å²) < 4.78 is 2.35. The van der Waals surface area contributed by atoms with Gasteiger partial charge in [0.25, 0.3) is 0 Å². The summed E-state index contributed by atoms with van der Waals surface area (Å²) in [5, 5.41) is 8.73. The molecule has 0 saturated heterocycles. The van der Waals surface area contributed by atoms with Gasteiger partial charge in [0, 0.05) is 24.7 Å². The normalized spacial score (nSPS) is 10.6. The SMILES string of the molecule is CCCC[n+]1cccc(CCCCCCCCCCCCCO)c1.[I-]. The summed E-state index contributed by atoms with van der Waals surface area (Å²) in [6.07, 6.45) is 22.8. The molecule has 25 heavy (non-hydrogen) atoms. The lowest BCUT2D eigenvalue weighted by Crippen LogP contribution is -3.00. The van der Waals surface area contributed by atoms with Crippen molar-refractivity contribution in [3.05, 3.63) is 30.1 Å². The minimum Gasteiger partial charge on any atom is -1.00 e. The van der Waals surface area contributed by atoms with Crippen molar-refractivity contribution in [1.82, 2.24) is 0 Å². The highest BCUT2D eigenvalue weighted by Gasteiger charge is 2.02. The number of aryl methyl sites for hydroxylation is 2. The molecular formula is C22H40INO. The standard InChI is InChI=1S/C22H40NO.HI/c1-2-3-18-23-19-15-17-22(21-23)16-13-11-9-7-5-4-6-8-10-12-14-20-24;/h15,17,19,21,24H,2-14,16,18,20H2,1H3;1H/q+1;/p-1. The molecule has 0 aromatic carbocycles. The number of pyridine rings is 1. The van der Waals surface area contributed by atoms with E-state index in [9.17, 15) is 0 Å². The van der Waals surface area contributed by atoms with Gasteiger partial charge in [-0.2, -0.15) is 0 Å². The molecule has 3 heteroatoms. The summed E-state index contributed by atoms with van der Waals surface area (Å²) >= 11 is 0. The number of rotatable bonds is 16. The molecule has 0 aliphatic heterocycles. The van der Waals surface area contributed by atoms with E-state index in [2.05, 4.69) is 36.0 Å². The lowest BCUT2D eigenvalue weighted by molar-refractivity contribution is -0.697. The van der Waals surface area contributed by atoms with Crippen LogP contribution in [0.1, 0.15) is 96.0 Å². The van der Waals surface area contributed by atoms with E-state index in [0.29, 0.717) is 6.61 Å². The van der Waals surface area contributed by atoms with Gasteiger partial charge in [-0.25, -0.2) is 4.57 Å². The van der Waals surface area contributed by atoms with Crippen LogP contribution in [0.3, 0.4) is 0 Å². The van der Waals surface area contributed by atoms with Crippen LogP contribution in [0.5, 0.6) is 0 Å². The molecule has 0 aliphatic rings. The average molecular weight is 461 g/mol. The van der Waals surface area contributed by atoms with Gasteiger partial charge in [0.05, 0.1) is 0 Å². The Morgan fingerprint density at radius 1 is 0.800 bits per heavy atom. The molecule has 0 spiro atoms. The van der Waals surface area contributed by atoms with Crippen LogP contribution in [0.25, 0.3) is 0 Å². The smallest absolute Gasteiger partial charge is 0.171 e. The van der Waals surface area contributed by atoms with Crippen LogP contribution in [0.15, 0.2) is 24.5 Å². The van der Waals surface area contributed by atoms with Crippen molar-refractivity contribution in [2.24, 2.45) is 0 Å². The van der Waals surface area contributed by atoms with Gasteiger partial charge < -0.3 is 29.1 Å². The maximum atomic E-state index is 8.73. The molecule has 146 valence electrons. The number of aromatic nitrogens is 1. The van der Waals surface area contributed by atoms with Gasteiger partial charge >= 0.3 is 0 Å². The summed E-state index contributed by atoms with van der Waals surface area (Å²) in [6.45, 7) is 3.77. The zero-order valence-corrected chi connectivity index (χ0v) is 18.6. The van der Waals surface area contributed by atoms with E-state index in [0.717, 1.165) is 13.0 Å². The third-order valence-electron chi connectivity index (χ3n) is 4.81. The van der Waals surface area contributed by atoms with Crippen LogP contribution in [0.4, 0.5) is 0 Å². The predicted octanol–water partition coefficient (Wildman–Crippen LogP) is 2.60. The summed E-state index contributed by atoms with van der Waals surface area (Å²) in [7, 11) is 0. The molecule has 0 aliphatic carbocycles. The third kappa shape index (κ3) is 14.7. The number of hydrogen-bond donors (Lipinski definition) is 1. The number of nitrogens with zero attached hydrogens (tertiary/aromatic N) is 1. The number of unbranched alkanes of at least 4 members (excludes halogenated alkanes) is 11. The molecule has 0 bridgehead atoms. The molecule has 0 amide bonds. The van der Waals surface area contributed by atoms with E-state index in [1.54, 1.807) is 0 Å². The Morgan fingerprint density at radius 2 is 1.36 bits per heavy atom. The van der Waals surface area contributed by atoms with Crippen molar-refractivity contribution in [2.75, 3.05) is 6.61 Å². The van der Waals surface area contributed by atoms with Gasteiger partial charge in [-0.15, -0.1) is 0 Å². The number of aliphatic hydroxyl groups is 1. The first-order valence-electron chi connectivity index (χ1n) is 10.5. The van der Waals surface area contributed by atoms with Crippen LogP contribution in [0, 0.1) is 0 Å². The Morgan fingerprint density at radius 3 is 1.92 bits per heavy atom. The fraction of sp³-hybridized carbons (Fsp3) is 0.773. The summed E-state index contributed by atoms with van der Waals surface area (Å²) in [6, 6.07) is 4.48. The summed E-state index contributed by atoms with van der Waals surface area (Å²) in [5.41, 5.74) is 1.50. The first-order chi connectivity index (χ1) is 11.9. The highest BCUT2D eigenvalue weighted by Crippen LogP contribution is 2.12. The van der Waals surface area contributed by atoms with Crippen LogP contribution in [-0.4, -0.2) is 11.7 Å². The Bertz CT molecular complexity index is 397. The van der Waals surface area contributed by atoms with Crippen molar-refractivity contribution < 1.29 is 33.7 Å². The average Bonchev–Trinajstić information content (AvgIpc) is 2.61. The van der Waals surface area contributed by atoms with Crippen molar-refractivity contribution in [1.29, 1.82) is 0 Å². The predicted molar refractivity (Wildman–Crippen MR) is 103 cm³/mol.